The van der Waals surface area contributed by atoms with Gasteiger partial charge in [-0.1, -0.05) is 12.1 Å². The van der Waals surface area contributed by atoms with Crippen molar-refractivity contribution in [3.8, 4) is 5.75 Å². The summed E-state index contributed by atoms with van der Waals surface area (Å²) in [6.45, 7) is 1.66. The first-order chi connectivity index (χ1) is 7.56. The number of nitrogens with zero attached hydrogens (tertiary/aromatic N) is 1. The lowest BCUT2D eigenvalue weighted by Gasteiger charge is -2.07. The number of nitro benzene ring substituents is 1. The molecule has 0 saturated carbocycles. The highest BCUT2D eigenvalue weighted by Gasteiger charge is 2.19. The lowest BCUT2D eigenvalue weighted by atomic mass is 10.0. The highest BCUT2D eigenvalue weighted by molar-refractivity contribution is 5.52. The van der Waals surface area contributed by atoms with E-state index in [0.29, 0.717) is 18.4 Å². The molecule has 1 atom stereocenters. The fourth-order valence-electron chi connectivity index (χ4n) is 1.51. The summed E-state index contributed by atoms with van der Waals surface area (Å²) in [6, 6.07) is 4.95. The van der Waals surface area contributed by atoms with E-state index in [1.165, 1.54) is 7.11 Å². The number of hydrogen-bond acceptors (Lipinski definition) is 4. The Kier molecular flexibility index (Phi) is 4.25. The van der Waals surface area contributed by atoms with E-state index in [4.69, 9.17) is 9.84 Å². The average Bonchev–Trinajstić information content (AvgIpc) is 2.25. The van der Waals surface area contributed by atoms with Gasteiger partial charge in [0.05, 0.1) is 18.1 Å². The first kappa shape index (κ1) is 12.4. The van der Waals surface area contributed by atoms with Gasteiger partial charge >= 0.3 is 5.69 Å². The van der Waals surface area contributed by atoms with Crippen molar-refractivity contribution in [2.24, 2.45) is 0 Å². The van der Waals surface area contributed by atoms with E-state index in [1.807, 2.05) is 0 Å². The Labute approximate surface area is 93.8 Å². The minimum atomic E-state index is -0.467. The smallest absolute Gasteiger partial charge is 0.314 e. The first-order valence-electron chi connectivity index (χ1n) is 5.04. The number of methoxy groups -OCH3 is 1. The summed E-state index contributed by atoms with van der Waals surface area (Å²) in [5.41, 5.74) is 0.580. The lowest BCUT2D eigenvalue weighted by molar-refractivity contribution is -0.386. The van der Waals surface area contributed by atoms with Gasteiger partial charge in [0.15, 0.2) is 5.75 Å². The van der Waals surface area contributed by atoms with E-state index in [9.17, 15) is 10.1 Å². The van der Waals surface area contributed by atoms with Crippen LogP contribution in [0.1, 0.15) is 18.9 Å². The monoisotopic (exact) mass is 225 g/mol. The molecule has 0 amide bonds. The fraction of sp³-hybridized carbons (Fsp3) is 0.455. The average molecular weight is 225 g/mol. The molecule has 0 aliphatic rings. The van der Waals surface area contributed by atoms with Gasteiger partial charge in [-0.15, -0.1) is 0 Å². The number of benzene rings is 1. The molecule has 0 aliphatic carbocycles. The van der Waals surface area contributed by atoms with Gasteiger partial charge in [0, 0.05) is 5.56 Å². The van der Waals surface area contributed by atoms with Gasteiger partial charge < -0.3 is 9.84 Å². The maximum Gasteiger partial charge on any atom is 0.314 e. The molecule has 0 heterocycles. The van der Waals surface area contributed by atoms with Crippen LogP contribution < -0.4 is 4.74 Å². The van der Waals surface area contributed by atoms with Crippen LogP contribution >= 0.6 is 0 Å². The standard InChI is InChI=1S/C11H15NO4/c1-8(13)6-7-9-4-3-5-10(16-2)11(9)12(14)15/h3-5,8,13H,6-7H2,1-2H3/t8-/m0/s1. The van der Waals surface area contributed by atoms with Gasteiger partial charge in [-0.2, -0.15) is 0 Å². The third kappa shape index (κ3) is 2.93. The summed E-state index contributed by atoms with van der Waals surface area (Å²) in [6.07, 6.45) is 0.491. The van der Waals surface area contributed by atoms with Crippen LogP contribution in [-0.4, -0.2) is 23.2 Å². The van der Waals surface area contributed by atoms with Gasteiger partial charge in [0.2, 0.25) is 0 Å². The minimum absolute atomic E-state index is 0.00866. The second-order valence-electron chi connectivity index (χ2n) is 3.61. The minimum Gasteiger partial charge on any atom is -0.490 e. The Morgan fingerprint density at radius 3 is 2.75 bits per heavy atom. The molecule has 1 aromatic carbocycles. The Balaban J connectivity index is 3.02. The van der Waals surface area contributed by atoms with Crippen molar-refractivity contribution in [3.63, 3.8) is 0 Å². The molecule has 0 fully saturated rings. The summed E-state index contributed by atoms with van der Waals surface area (Å²) in [5.74, 6) is 0.257. The van der Waals surface area contributed by atoms with Crippen molar-refractivity contribution in [1.29, 1.82) is 0 Å². The lowest BCUT2D eigenvalue weighted by Crippen LogP contribution is -2.04. The zero-order chi connectivity index (χ0) is 12.1. The number of nitro groups is 1. The highest BCUT2D eigenvalue weighted by Crippen LogP contribution is 2.31. The van der Waals surface area contributed by atoms with Crippen molar-refractivity contribution in [2.45, 2.75) is 25.9 Å². The van der Waals surface area contributed by atoms with Crippen molar-refractivity contribution in [2.75, 3.05) is 7.11 Å². The van der Waals surface area contributed by atoms with E-state index >= 15 is 0 Å². The topological polar surface area (TPSA) is 72.6 Å². The molecule has 0 saturated heterocycles. The number of rotatable bonds is 5. The molecule has 0 aromatic heterocycles. The predicted molar refractivity (Wildman–Crippen MR) is 59.7 cm³/mol. The molecule has 5 heteroatoms. The molecule has 0 aliphatic heterocycles. The Bertz CT molecular complexity index is 376. The Morgan fingerprint density at radius 2 is 2.25 bits per heavy atom. The molecule has 0 radical (unpaired) electrons. The number of aryl methyl sites for hydroxylation is 1. The van der Waals surface area contributed by atoms with Crippen molar-refractivity contribution >= 4 is 5.69 Å². The molecule has 1 aromatic rings. The van der Waals surface area contributed by atoms with Crippen LogP contribution in [0.25, 0.3) is 0 Å². The van der Waals surface area contributed by atoms with Crippen LogP contribution in [0.2, 0.25) is 0 Å². The predicted octanol–water partition coefficient (Wildman–Crippen LogP) is 1.92. The molecular formula is C11H15NO4. The zero-order valence-electron chi connectivity index (χ0n) is 9.34. The van der Waals surface area contributed by atoms with Gasteiger partial charge in [-0.3, -0.25) is 10.1 Å². The van der Waals surface area contributed by atoms with E-state index in [-0.39, 0.29) is 11.4 Å². The van der Waals surface area contributed by atoms with Gasteiger partial charge in [0.25, 0.3) is 0 Å². The summed E-state index contributed by atoms with van der Waals surface area (Å²) >= 11 is 0. The second-order valence-corrected chi connectivity index (χ2v) is 3.61. The van der Waals surface area contributed by atoms with Gasteiger partial charge in [0.1, 0.15) is 0 Å². The van der Waals surface area contributed by atoms with E-state index in [0.717, 1.165) is 0 Å². The van der Waals surface area contributed by atoms with Crippen LogP contribution in [0.4, 0.5) is 5.69 Å². The third-order valence-electron chi connectivity index (χ3n) is 2.32. The van der Waals surface area contributed by atoms with Crippen LogP contribution in [0.3, 0.4) is 0 Å². The highest BCUT2D eigenvalue weighted by atomic mass is 16.6. The van der Waals surface area contributed by atoms with E-state index in [2.05, 4.69) is 0 Å². The fourth-order valence-corrected chi connectivity index (χ4v) is 1.51. The SMILES string of the molecule is COc1cccc(CC[C@H](C)O)c1[N+](=O)[O-]. The summed E-state index contributed by atoms with van der Waals surface area (Å²) in [4.78, 5) is 10.5. The van der Waals surface area contributed by atoms with E-state index < -0.39 is 11.0 Å². The second kappa shape index (κ2) is 5.46. The van der Waals surface area contributed by atoms with Crippen molar-refractivity contribution < 1.29 is 14.8 Å². The van der Waals surface area contributed by atoms with Crippen LogP contribution in [-0.2, 0) is 6.42 Å². The number of para-hydroxylation sites is 1. The first-order valence-corrected chi connectivity index (χ1v) is 5.04. The largest absolute Gasteiger partial charge is 0.490 e. The molecule has 16 heavy (non-hydrogen) atoms. The number of hydrogen-bond donors (Lipinski definition) is 1. The van der Waals surface area contributed by atoms with Crippen molar-refractivity contribution in [1.82, 2.24) is 0 Å². The molecule has 5 nitrogen and oxygen atoms in total. The molecule has 0 spiro atoms. The number of aliphatic hydroxyl groups excluding tert-OH is 1. The zero-order valence-corrected chi connectivity index (χ0v) is 9.34. The molecule has 0 unspecified atom stereocenters. The van der Waals surface area contributed by atoms with Gasteiger partial charge in [-0.25, -0.2) is 0 Å². The Hall–Kier alpha value is -1.62. The maximum atomic E-state index is 10.9. The van der Waals surface area contributed by atoms with Gasteiger partial charge in [-0.05, 0) is 25.8 Å². The molecular weight excluding hydrogens is 210 g/mol. The third-order valence-corrected chi connectivity index (χ3v) is 2.32. The van der Waals surface area contributed by atoms with Crippen molar-refractivity contribution in [3.05, 3.63) is 33.9 Å². The number of ether oxygens (including phenoxy) is 1. The number of aliphatic hydroxyl groups is 1. The maximum absolute atomic E-state index is 10.9. The molecule has 0 bridgehead atoms. The molecule has 1 N–H and O–H groups in total. The summed E-state index contributed by atoms with van der Waals surface area (Å²) < 4.78 is 4.95. The van der Waals surface area contributed by atoms with Crippen LogP contribution in [0.5, 0.6) is 5.75 Å². The molecule has 1 rings (SSSR count). The molecule has 88 valence electrons. The summed E-state index contributed by atoms with van der Waals surface area (Å²) in [5, 5.41) is 20.1. The van der Waals surface area contributed by atoms with E-state index in [1.54, 1.807) is 25.1 Å². The Morgan fingerprint density at radius 1 is 1.56 bits per heavy atom. The van der Waals surface area contributed by atoms with Crippen LogP contribution in [0.15, 0.2) is 18.2 Å². The van der Waals surface area contributed by atoms with Crippen LogP contribution in [0, 0.1) is 10.1 Å². The normalized spacial score (nSPS) is 12.2. The quantitative estimate of drug-likeness (QED) is 0.613. The summed E-state index contributed by atoms with van der Waals surface area (Å²) in [7, 11) is 1.40.